The summed E-state index contributed by atoms with van der Waals surface area (Å²) in [5.41, 5.74) is 4.22. The average Bonchev–Trinajstić information content (AvgIpc) is 3.16. The Bertz CT molecular complexity index is 947. The van der Waals surface area contributed by atoms with E-state index in [0.29, 0.717) is 29.6 Å². The average molecular weight is 443 g/mol. The summed E-state index contributed by atoms with van der Waals surface area (Å²) in [6.45, 7) is 1.01. The third-order valence-corrected chi connectivity index (χ3v) is 6.76. The van der Waals surface area contributed by atoms with Crippen molar-refractivity contribution in [1.82, 2.24) is 9.97 Å². The van der Waals surface area contributed by atoms with Crippen LogP contribution in [0.4, 0.5) is 19.0 Å². The second-order valence-corrected chi connectivity index (χ2v) is 8.54. The quantitative estimate of drug-likeness (QED) is 0.756. The number of nitrogens with one attached hydrogen (secondary N) is 1. The van der Waals surface area contributed by atoms with Gasteiger partial charge in [0.05, 0.1) is 12.2 Å². The van der Waals surface area contributed by atoms with Crippen LogP contribution in [0.5, 0.6) is 0 Å². The van der Waals surface area contributed by atoms with Crippen LogP contribution in [0.1, 0.15) is 27.5 Å². The molecule has 2 unspecified atom stereocenters. The van der Waals surface area contributed by atoms with Crippen molar-refractivity contribution < 1.29 is 22.7 Å². The van der Waals surface area contributed by atoms with Gasteiger partial charge < -0.3 is 15.8 Å². The van der Waals surface area contributed by atoms with Crippen molar-refractivity contribution in [2.45, 2.75) is 18.1 Å². The molecule has 29 heavy (non-hydrogen) atoms. The topological polar surface area (TPSA) is 102 Å². The Morgan fingerprint density at radius 1 is 1.38 bits per heavy atom. The van der Waals surface area contributed by atoms with E-state index in [4.69, 9.17) is 10.5 Å². The second kappa shape index (κ2) is 7.58. The van der Waals surface area contributed by atoms with Crippen LogP contribution < -0.4 is 11.1 Å². The first-order valence-electron chi connectivity index (χ1n) is 8.64. The molecule has 0 aliphatic carbocycles. The summed E-state index contributed by atoms with van der Waals surface area (Å²) in [5.74, 6) is 0.670. The Labute approximate surface area is 172 Å². The van der Waals surface area contributed by atoms with E-state index in [-0.39, 0.29) is 17.4 Å². The molecule has 4 rings (SSSR count). The molecule has 4 heterocycles. The molecule has 3 N–H and O–H groups in total. The highest BCUT2D eigenvalue weighted by molar-refractivity contribution is 8.13. The Balaban J connectivity index is 1.53. The van der Waals surface area contributed by atoms with Crippen LogP contribution in [0.3, 0.4) is 0 Å². The van der Waals surface area contributed by atoms with Crippen LogP contribution in [0.25, 0.3) is 0 Å². The predicted octanol–water partition coefficient (Wildman–Crippen LogP) is 3.10. The number of halogens is 3. The minimum atomic E-state index is -4.51. The van der Waals surface area contributed by atoms with Crippen LogP contribution >= 0.6 is 23.1 Å². The first-order valence-corrected chi connectivity index (χ1v) is 10.5. The molecule has 12 heteroatoms. The van der Waals surface area contributed by atoms with Gasteiger partial charge in [0.1, 0.15) is 22.1 Å². The standard InChI is InChI=1S/C17H16F3N5O2S2/c18-17(19,20)9-1-2-11(22-5-9)13(26)23-12-7-28-14(24-12)16-8-27-4-3-10(16)6-29-15(21)25-16/h1-2,5,7,10H,3-4,6,8H2,(H2,21,25)(H,23,26). The number of nitrogens with zero attached hydrogens (tertiary/aromatic N) is 3. The fraction of sp³-hybridized carbons (Fsp3) is 0.412. The summed E-state index contributed by atoms with van der Waals surface area (Å²) in [4.78, 5) is 25.1. The molecule has 2 aromatic heterocycles. The zero-order valence-corrected chi connectivity index (χ0v) is 16.5. The number of thioether (sulfide) groups is 1. The minimum Gasteiger partial charge on any atom is -0.379 e. The lowest BCUT2D eigenvalue weighted by Gasteiger charge is -2.41. The number of hydrogen-bond donors (Lipinski definition) is 2. The van der Waals surface area contributed by atoms with Gasteiger partial charge >= 0.3 is 6.18 Å². The van der Waals surface area contributed by atoms with E-state index < -0.39 is 23.2 Å². The number of fused-ring (bicyclic) bond motifs is 1. The second-order valence-electron chi connectivity index (χ2n) is 6.65. The number of aromatic nitrogens is 2. The van der Waals surface area contributed by atoms with Crippen LogP contribution in [-0.2, 0) is 16.5 Å². The molecule has 0 radical (unpaired) electrons. The summed E-state index contributed by atoms with van der Waals surface area (Å²) < 4.78 is 43.5. The number of pyridine rings is 1. The molecule has 7 nitrogen and oxygen atoms in total. The van der Waals surface area contributed by atoms with Gasteiger partial charge in [0.2, 0.25) is 0 Å². The maximum absolute atomic E-state index is 12.6. The molecule has 0 bridgehead atoms. The Hall–Kier alpha value is -2.18. The van der Waals surface area contributed by atoms with Gasteiger partial charge in [-0.1, -0.05) is 11.8 Å². The molecular weight excluding hydrogens is 427 g/mol. The third kappa shape index (κ3) is 3.96. The molecular formula is C17H16F3N5O2S2. The lowest BCUT2D eigenvalue weighted by molar-refractivity contribution is -0.137. The van der Waals surface area contributed by atoms with Gasteiger partial charge in [-0.2, -0.15) is 13.2 Å². The van der Waals surface area contributed by atoms with E-state index in [2.05, 4.69) is 20.3 Å². The maximum Gasteiger partial charge on any atom is 0.417 e. The lowest BCUT2D eigenvalue weighted by atomic mass is 9.82. The van der Waals surface area contributed by atoms with Gasteiger partial charge in [-0.05, 0) is 18.6 Å². The first kappa shape index (κ1) is 20.1. The summed E-state index contributed by atoms with van der Waals surface area (Å²) in [6, 6.07) is 1.84. The largest absolute Gasteiger partial charge is 0.417 e. The SMILES string of the molecule is NC1=NC2(c3nc(NC(=O)c4ccc(C(F)(F)F)cn4)cs3)COCCC2CS1. The Morgan fingerprint density at radius 2 is 2.21 bits per heavy atom. The molecule has 2 atom stereocenters. The summed E-state index contributed by atoms with van der Waals surface area (Å²) >= 11 is 2.84. The molecule has 0 spiro atoms. The van der Waals surface area contributed by atoms with Crippen molar-refractivity contribution in [2.24, 2.45) is 16.6 Å². The molecule has 2 aliphatic heterocycles. The van der Waals surface area contributed by atoms with Crippen molar-refractivity contribution in [2.75, 3.05) is 24.3 Å². The van der Waals surface area contributed by atoms with Crippen LogP contribution in [0, 0.1) is 5.92 Å². The third-order valence-electron chi connectivity index (χ3n) is 4.79. The number of ether oxygens (including phenoxy) is 1. The number of aliphatic imine (C=N–C) groups is 1. The smallest absolute Gasteiger partial charge is 0.379 e. The van der Waals surface area contributed by atoms with Crippen LogP contribution in [0.2, 0.25) is 0 Å². The van der Waals surface area contributed by atoms with Crippen LogP contribution in [0.15, 0.2) is 28.7 Å². The number of carbonyl (C=O) groups is 1. The van der Waals surface area contributed by atoms with Crippen molar-refractivity contribution in [3.63, 3.8) is 0 Å². The maximum atomic E-state index is 12.6. The van der Waals surface area contributed by atoms with Gasteiger partial charge in [-0.3, -0.25) is 9.78 Å². The van der Waals surface area contributed by atoms with E-state index in [1.54, 1.807) is 5.38 Å². The monoisotopic (exact) mass is 443 g/mol. The summed E-state index contributed by atoms with van der Waals surface area (Å²) in [7, 11) is 0. The number of amides is 1. The fourth-order valence-corrected chi connectivity index (χ4v) is 5.26. The molecule has 1 amide bonds. The van der Waals surface area contributed by atoms with Gasteiger partial charge in [0, 0.05) is 29.9 Å². The fourth-order valence-electron chi connectivity index (χ4n) is 3.26. The van der Waals surface area contributed by atoms with Gasteiger partial charge in [-0.25, -0.2) is 9.98 Å². The number of rotatable bonds is 3. The molecule has 154 valence electrons. The highest BCUT2D eigenvalue weighted by Crippen LogP contribution is 2.45. The number of hydrogen-bond acceptors (Lipinski definition) is 8. The molecule has 0 saturated carbocycles. The minimum absolute atomic E-state index is 0.138. The number of thiazole rings is 1. The summed E-state index contributed by atoms with van der Waals surface area (Å²) in [6.07, 6.45) is -3.05. The molecule has 0 aromatic carbocycles. The van der Waals surface area contributed by atoms with E-state index >= 15 is 0 Å². The lowest BCUT2D eigenvalue weighted by Crippen LogP contribution is -2.47. The highest BCUT2D eigenvalue weighted by Gasteiger charge is 2.48. The Kier molecular flexibility index (Phi) is 5.25. The zero-order chi connectivity index (χ0) is 20.6. The Morgan fingerprint density at radius 3 is 2.93 bits per heavy atom. The van der Waals surface area contributed by atoms with Crippen LogP contribution in [-0.4, -0.2) is 40.0 Å². The van der Waals surface area contributed by atoms with Gasteiger partial charge in [0.15, 0.2) is 5.17 Å². The van der Waals surface area contributed by atoms with Crippen molar-refractivity contribution in [3.8, 4) is 0 Å². The first-order chi connectivity index (χ1) is 13.8. The van der Waals surface area contributed by atoms with Crippen molar-refractivity contribution in [3.05, 3.63) is 40.0 Å². The number of amidine groups is 1. The van der Waals surface area contributed by atoms with Crippen molar-refractivity contribution in [1.29, 1.82) is 0 Å². The highest BCUT2D eigenvalue weighted by atomic mass is 32.2. The predicted molar refractivity (Wildman–Crippen MR) is 104 cm³/mol. The summed E-state index contributed by atoms with van der Waals surface area (Å²) in [5, 5.41) is 5.38. The van der Waals surface area contributed by atoms with Crippen molar-refractivity contribution >= 4 is 40.0 Å². The normalized spacial score (nSPS) is 24.5. The van der Waals surface area contributed by atoms with E-state index in [0.717, 1.165) is 24.3 Å². The zero-order valence-electron chi connectivity index (χ0n) is 14.9. The van der Waals surface area contributed by atoms with E-state index in [1.165, 1.54) is 23.1 Å². The number of anilines is 1. The van der Waals surface area contributed by atoms with E-state index in [9.17, 15) is 18.0 Å². The number of alkyl halides is 3. The van der Waals surface area contributed by atoms with Gasteiger partial charge in [0.25, 0.3) is 5.91 Å². The molecule has 1 saturated heterocycles. The van der Waals surface area contributed by atoms with Gasteiger partial charge in [-0.15, -0.1) is 11.3 Å². The molecule has 2 aliphatic rings. The number of carbonyl (C=O) groups excluding carboxylic acids is 1. The number of nitrogens with two attached hydrogens (primary N) is 1. The molecule has 2 aromatic rings. The molecule has 1 fully saturated rings. The van der Waals surface area contributed by atoms with E-state index in [1.807, 2.05) is 0 Å².